The Labute approximate surface area is 154 Å². The highest BCUT2D eigenvalue weighted by Crippen LogP contribution is 2.29. The maximum Gasteiger partial charge on any atom is 0.242 e. The van der Waals surface area contributed by atoms with Crippen LogP contribution < -0.4 is 20.1 Å². The Hall–Kier alpha value is -2.28. The van der Waals surface area contributed by atoms with Gasteiger partial charge in [0, 0.05) is 38.2 Å². The van der Waals surface area contributed by atoms with E-state index in [0.717, 1.165) is 43.1 Å². The molecule has 0 radical (unpaired) electrons. The number of hydrogen-bond donors (Lipinski definition) is 2. The number of hydrogen-bond acceptors (Lipinski definition) is 5. The lowest BCUT2D eigenvalue weighted by atomic mass is 10.1. The lowest BCUT2D eigenvalue weighted by molar-refractivity contribution is -0.125. The predicted octanol–water partition coefficient (Wildman–Crippen LogP) is 1.06. The average Bonchev–Trinajstić information content (AvgIpc) is 2.99. The quantitative estimate of drug-likeness (QED) is 0.792. The molecule has 3 rings (SSSR count). The Morgan fingerprint density at radius 3 is 3.00 bits per heavy atom. The van der Waals surface area contributed by atoms with Crippen molar-refractivity contribution in [1.29, 1.82) is 0 Å². The van der Waals surface area contributed by atoms with Crippen molar-refractivity contribution < 1.29 is 19.1 Å². The van der Waals surface area contributed by atoms with Gasteiger partial charge in [-0.1, -0.05) is 6.92 Å². The zero-order valence-electron chi connectivity index (χ0n) is 15.4. The number of amides is 2. The van der Waals surface area contributed by atoms with Crippen LogP contribution in [0.1, 0.15) is 31.7 Å². The Morgan fingerprint density at radius 1 is 1.46 bits per heavy atom. The molecule has 2 amide bonds. The third-order valence-corrected chi connectivity index (χ3v) is 4.91. The third kappa shape index (κ3) is 4.46. The molecule has 2 atom stereocenters. The standard InChI is InChI=1S/C19H27N3O4/c1-3-14-12-22(9-8-20-19(24)16-5-7-18(23)21-16)11-13-10-15(25-2)4-6-17(13)26-14/h4,6,10,14,16H,3,5,7-9,11-12H2,1-2H3,(H,20,24)(H,21,23). The Morgan fingerprint density at radius 2 is 2.31 bits per heavy atom. The summed E-state index contributed by atoms with van der Waals surface area (Å²) in [5, 5.41) is 5.63. The lowest BCUT2D eigenvalue weighted by Gasteiger charge is -2.23. The van der Waals surface area contributed by atoms with Crippen LogP contribution in [-0.4, -0.2) is 55.6 Å². The number of nitrogens with zero attached hydrogens (tertiary/aromatic N) is 1. The van der Waals surface area contributed by atoms with E-state index < -0.39 is 0 Å². The minimum Gasteiger partial charge on any atom is -0.497 e. The molecule has 7 nitrogen and oxygen atoms in total. The Bertz CT molecular complexity index is 664. The monoisotopic (exact) mass is 361 g/mol. The zero-order valence-corrected chi connectivity index (χ0v) is 15.4. The van der Waals surface area contributed by atoms with Gasteiger partial charge in [-0.2, -0.15) is 0 Å². The molecule has 0 aromatic heterocycles. The number of rotatable bonds is 6. The number of fused-ring (bicyclic) bond motifs is 1. The van der Waals surface area contributed by atoms with Gasteiger partial charge in [0.25, 0.3) is 0 Å². The third-order valence-electron chi connectivity index (χ3n) is 4.91. The van der Waals surface area contributed by atoms with E-state index in [0.29, 0.717) is 19.4 Å². The first-order chi connectivity index (χ1) is 12.6. The zero-order chi connectivity index (χ0) is 18.5. The van der Waals surface area contributed by atoms with Gasteiger partial charge in [0.05, 0.1) is 7.11 Å². The van der Waals surface area contributed by atoms with E-state index in [1.165, 1.54) is 0 Å². The van der Waals surface area contributed by atoms with E-state index in [1.807, 2.05) is 18.2 Å². The molecule has 142 valence electrons. The van der Waals surface area contributed by atoms with Gasteiger partial charge >= 0.3 is 0 Å². The highest BCUT2D eigenvalue weighted by Gasteiger charge is 2.27. The van der Waals surface area contributed by atoms with Crippen molar-refractivity contribution >= 4 is 11.8 Å². The van der Waals surface area contributed by atoms with Gasteiger partial charge in [-0.3, -0.25) is 14.5 Å². The van der Waals surface area contributed by atoms with Crippen molar-refractivity contribution in [2.24, 2.45) is 0 Å². The van der Waals surface area contributed by atoms with Crippen molar-refractivity contribution in [3.63, 3.8) is 0 Å². The minimum absolute atomic E-state index is 0.0499. The molecular formula is C19H27N3O4. The number of nitrogens with one attached hydrogen (secondary N) is 2. The van der Waals surface area contributed by atoms with Gasteiger partial charge in [-0.25, -0.2) is 0 Å². The largest absolute Gasteiger partial charge is 0.497 e. The summed E-state index contributed by atoms with van der Waals surface area (Å²) < 4.78 is 11.4. The fraction of sp³-hybridized carbons (Fsp3) is 0.579. The van der Waals surface area contributed by atoms with Crippen LogP contribution in [0.3, 0.4) is 0 Å². The lowest BCUT2D eigenvalue weighted by Crippen LogP contribution is -2.44. The first-order valence-corrected chi connectivity index (χ1v) is 9.22. The van der Waals surface area contributed by atoms with Gasteiger partial charge in [0.1, 0.15) is 23.6 Å². The second-order valence-electron chi connectivity index (χ2n) is 6.81. The first kappa shape index (κ1) is 18.5. The van der Waals surface area contributed by atoms with Crippen molar-refractivity contribution in [2.45, 2.75) is 44.9 Å². The molecule has 0 saturated carbocycles. The topological polar surface area (TPSA) is 79.9 Å². The number of methoxy groups -OCH3 is 1. The maximum absolute atomic E-state index is 12.1. The van der Waals surface area contributed by atoms with Gasteiger partial charge in [-0.15, -0.1) is 0 Å². The summed E-state index contributed by atoms with van der Waals surface area (Å²) in [7, 11) is 1.66. The minimum atomic E-state index is -0.386. The summed E-state index contributed by atoms with van der Waals surface area (Å²) in [5.41, 5.74) is 1.09. The summed E-state index contributed by atoms with van der Waals surface area (Å²) in [5.74, 6) is 1.56. The second-order valence-corrected chi connectivity index (χ2v) is 6.81. The van der Waals surface area contributed by atoms with Gasteiger partial charge < -0.3 is 20.1 Å². The molecule has 0 bridgehead atoms. The molecule has 1 fully saturated rings. The highest BCUT2D eigenvalue weighted by molar-refractivity contribution is 5.90. The molecule has 7 heteroatoms. The molecule has 1 aromatic carbocycles. The highest BCUT2D eigenvalue weighted by atomic mass is 16.5. The molecule has 2 aliphatic heterocycles. The molecule has 26 heavy (non-hydrogen) atoms. The number of benzene rings is 1. The summed E-state index contributed by atoms with van der Waals surface area (Å²) in [4.78, 5) is 25.6. The fourth-order valence-corrected chi connectivity index (χ4v) is 3.39. The fourth-order valence-electron chi connectivity index (χ4n) is 3.39. The van der Waals surface area contributed by atoms with Crippen LogP contribution in [0.2, 0.25) is 0 Å². The van der Waals surface area contributed by atoms with Gasteiger partial charge in [-0.05, 0) is 31.0 Å². The van der Waals surface area contributed by atoms with Gasteiger partial charge in [0.2, 0.25) is 11.8 Å². The molecule has 2 aliphatic rings. The van der Waals surface area contributed by atoms with E-state index >= 15 is 0 Å². The average molecular weight is 361 g/mol. The van der Waals surface area contributed by atoms with E-state index in [4.69, 9.17) is 9.47 Å². The maximum atomic E-state index is 12.1. The van der Waals surface area contributed by atoms with Crippen LogP contribution in [0.15, 0.2) is 18.2 Å². The SMILES string of the molecule is CCC1CN(CCNC(=O)C2CCC(=O)N2)Cc2cc(OC)ccc2O1. The number of carbonyl (C=O) groups excluding carboxylic acids is 2. The van der Waals surface area contributed by atoms with E-state index in [9.17, 15) is 9.59 Å². The number of carbonyl (C=O) groups is 2. The predicted molar refractivity (Wildman–Crippen MR) is 97.2 cm³/mol. The van der Waals surface area contributed by atoms with Crippen LogP contribution >= 0.6 is 0 Å². The van der Waals surface area contributed by atoms with Crippen molar-refractivity contribution in [3.8, 4) is 11.5 Å². The van der Waals surface area contributed by atoms with E-state index in [1.54, 1.807) is 7.11 Å². The Balaban J connectivity index is 1.58. The molecule has 2 unspecified atom stereocenters. The first-order valence-electron chi connectivity index (χ1n) is 9.22. The van der Waals surface area contributed by atoms with Crippen molar-refractivity contribution in [1.82, 2.24) is 15.5 Å². The molecule has 0 aliphatic carbocycles. The van der Waals surface area contributed by atoms with Crippen LogP contribution in [0.25, 0.3) is 0 Å². The Kier molecular flexibility index (Phi) is 5.98. The summed E-state index contributed by atoms with van der Waals surface area (Å²) in [6.07, 6.45) is 2.04. The van der Waals surface area contributed by atoms with Crippen LogP contribution in [-0.2, 0) is 16.1 Å². The molecule has 1 aromatic rings. The van der Waals surface area contributed by atoms with Crippen molar-refractivity contribution in [3.05, 3.63) is 23.8 Å². The molecular weight excluding hydrogens is 334 g/mol. The molecule has 2 N–H and O–H groups in total. The molecule has 1 saturated heterocycles. The summed E-state index contributed by atoms with van der Waals surface area (Å²) in [6, 6.07) is 5.50. The normalized spacial score (nSPS) is 22.8. The van der Waals surface area contributed by atoms with Crippen molar-refractivity contribution in [2.75, 3.05) is 26.7 Å². The summed E-state index contributed by atoms with van der Waals surface area (Å²) >= 11 is 0. The van der Waals surface area contributed by atoms with E-state index in [-0.39, 0.29) is 24.0 Å². The van der Waals surface area contributed by atoms with Crippen LogP contribution in [0.5, 0.6) is 11.5 Å². The summed E-state index contributed by atoms with van der Waals surface area (Å²) in [6.45, 7) is 4.94. The second kappa shape index (κ2) is 8.40. The van der Waals surface area contributed by atoms with E-state index in [2.05, 4.69) is 22.5 Å². The van der Waals surface area contributed by atoms with Crippen LogP contribution in [0, 0.1) is 0 Å². The smallest absolute Gasteiger partial charge is 0.242 e. The molecule has 2 heterocycles. The molecule has 0 spiro atoms. The van der Waals surface area contributed by atoms with Gasteiger partial charge in [0.15, 0.2) is 0 Å². The number of ether oxygens (including phenoxy) is 2. The van der Waals surface area contributed by atoms with Crippen LogP contribution in [0.4, 0.5) is 0 Å².